The molecule has 0 aliphatic rings. The molecule has 0 aliphatic carbocycles. The minimum absolute atomic E-state index is 0.0197. The highest BCUT2D eigenvalue weighted by Crippen LogP contribution is 2.37. The van der Waals surface area contributed by atoms with E-state index in [1.807, 2.05) is 116 Å². The lowest BCUT2D eigenvalue weighted by Crippen LogP contribution is -2.01. The summed E-state index contributed by atoms with van der Waals surface area (Å²) < 4.78 is 12.5. The second-order valence-corrected chi connectivity index (χ2v) is 10.4. The molecule has 210 valence electrons. The third-order valence-corrected chi connectivity index (χ3v) is 7.47. The molecular formula is C39H30O4. The average molecular weight is 563 g/mol. The summed E-state index contributed by atoms with van der Waals surface area (Å²) >= 11 is 0. The SMILES string of the molecule is CCc1ccc(C(=O)c2ccc(Oc3ccc(Oc4ccc(C(=O)c5ccc(C)cc5)cc4)c4ccccc34)cc2)cc1. The van der Waals surface area contributed by atoms with Gasteiger partial charge >= 0.3 is 0 Å². The van der Waals surface area contributed by atoms with Gasteiger partial charge in [-0.3, -0.25) is 9.59 Å². The van der Waals surface area contributed by atoms with Gasteiger partial charge in [-0.25, -0.2) is 0 Å². The van der Waals surface area contributed by atoms with Gasteiger partial charge in [-0.05, 0) is 79.6 Å². The van der Waals surface area contributed by atoms with Crippen molar-refractivity contribution in [1.29, 1.82) is 0 Å². The van der Waals surface area contributed by atoms with Crippen molar-refractivity contribution in [2.24, 2.45) is 0 Å². The molecule has 0 saturated heterocycles. The molecule has 0 aliphatic heterocycles. The molecule has 4 nitrogen and oxygen atoms in total. The Hall–Kier alpha value is -5.48. The standard InChI is InChI=1S/C39H30O4/c1-3-27-10-14-29(15-11-27)39(41)31-18-22-33(23-19-31)43-37-25-24-36(34-6-4-5-7-35(34)37)42-32-20-16-30(17-21-32)38(40)28-12-8-26(2)9-13-28/h4-25H,3H2,1-2H3. The molecule has 0 amide bonds. The predicted octanol–water partition coefficient (Wildman–Crippen LogP) is 9.76. The number of ketones is 2. The number of benzene rings is 6. The molecule has 6 rings (SSSR count). The number of fused-ring (bicyclic) bond motifs is 1. The lowest BCUT2D eigenvalue weighted by Gasteiger charge is -2.14. The number of carbonyl (C=O) groups is 2. The monoisotopic (exact) mass is 562 g/mol. The van der Waals surface area contributed by atoms with Crippen molar-refractivity contribution in [3.8, 4) is 23.0 Å². The van der Waals surface area contributed by atoms with Gasteiger partial charge in [0.05, 0.1) is 0 Å². The van der Waals surface area contributed by atoms with Gasteiger partial charge < -0.3 is 9.47 Å². The van der Waals surface area contributed by atoms with Gasteiger partial charge in [-0.1, -0.05) is 85.3 Å². The Morgan fingerprint density at radius 3 is 1.26 bits per heavy atom. The molecule has 0 aromatic heterocycles. The van der Waals surface area contributed by atoms with Crippen LogP contribution in [0.1, 0.15) is 49.9 Å². The van der Waals surface area contributed by atoms with Crippen LogP contribution in [0.4, 0.5) is 0 Å². The molecule has 0 heterocycles. The van der Waals surface area contributed by atoms with Crippen LogP contribution in [0, 0.1) is 6.92 Å². The second kappa shape index (κ2) is 12.2. The Labute approximate surface area is 251 Å². The summed E-state index contributed by atoms with van der Waals surface area (Å²) in [7, 11) is 0. The number of rotatable bonds is 9. The first-order valence-corrected chi connectivity index (χ1v) is 14.3. The van der Waals surface area contributed by atoms with Crippen LogP contribution in [-0.4, -0.2) is 11.6 Å². The number of carbonyl (C=O) groups excluding carboxylic acids is 2. The minimum atomic E-state index is -0.0264. The second-order valence-electron chi connectivity index (χ2n) is 10.4. The molecule has 0 N–H and O–H groups in total. The van der Waals surface area contributed by atoms with Crippen LogP contribution >= 0.6 is 0 Å². The minimum Gasteiger partial charge on any atom is -0.457 e. The van der Waals surface area contributed by atoms with Crippen LogP contribution in [0.25, 0.3) is 10.8 Å². The molecule has 6 aromatic rings. The zero-order valence-electron chi connectivity index (χ0n) is 24.0. The van der Waals surface area contributed by atoms with Gasteiger partial charge in [0.15, 0.2) is 11.6 Å². The summed E-state index contributed by atoms with van der Waals surface area (Å²) in [5.74, 6) is 2.57. The normalized spacial score (nSPS) is 10.8. The molecule has 0 fully saturated rings. The predicted molar refractivity (Wildman–Crippen MR) is 171 cm³/mol. The van der Waals surface area contributed by atoms with Crippen LogP contribution in [-0.2, 0) is 6.42 Å². The van der Waals surface area contributed by atoms with E-state index >= 15 is 0 Å². The smallest absolute Gasteiger partial charge is 0.193 e. The maximum atomic E-state index is 12.9. The fourth-order valence-corrected chi connectivity index (χ4v) is 4.95. The van der Waals surface area contributed by atoms with Crippen molar-refractivity contribution < 1.29 is 19.1 Å². The van der Waals surface area contributed by atoms with E-state index in [0.29, 0.717) is 45.3 Å². The zero-order chi connectivity index (χ0) is 29.8. The van der Waals surface area contributed by atoms with E-state index in [2.05, 4.69) is 6.92 Å². The van der Waals surface area contributed by atoms with Crippen molar-refractivity contribution in [1.82, 2.24) is 0 Å². The molecule has 0 unspecified atom stereocenters. The van der Waals surface area contributed by atoms with Gasteiger partial charge in [0.2, 0.25) is 0 Å². The average Bonchev–Trinajstić information content (AvgIpc) is 3.06. The lowest BCUT2D eigenvalue weighted by atomic mass is 10.0. The molecule has 6 aromatic carbocycles. The molecule has 0 saturated carbocycles. The Morgan fingerprint density at radius 1 is 0.488 bits per heavy atom. The first-order chi connectivity index (χ1) is 21.0. The van der Waals surface area contributed by atoms with Gasteiger partial charge in [0, 0.05) is 33.0 Å². The Bertz CT molecular complexity index is 1900. The van der Waals surface area contributed by atoms with Crippen LogP contribution in [0.2, 0.25) is 0 Å². The quantitative estimate of drug-likeness (QED) is 0.165. The molecule has 4 heteroatoms. The Kier molecular flexibility index (Phi) is 7.84. The van der Waals surface area contributed by atoms with Crippen molar-refractivity contribution in [3.05, 3.63) is 167 Å². The van der Waals surface area contributed by atoms with Crippen LogP contribution in [0.3, 0.4) is 0 Å². The van der Waals surface area contributed by atoms with Crippen LogP contribution in [0.5, 0.6) is 23.0 Å². The Morgan fingerprint density at radius 2 is 0.860 bits per heavy atom. The maximum Gasteiger partial charge on any atom is 0.193 e. The lowest BCUT2D eigenvalue weighted by molar-refractivity contribution is 0.103. The fourth-order valence-electron chi connectivity index (χ4n) is 4.95. The molecule has 0 atom stereocenters. The summed E-state index contributed by atoms with van der Waals surface area (Å²) in [5.41, 5.74) is 4.85. The highest BCUT2D eigenvalue weighted by atomic mass is 16.5. The largest absolute Gasteiger partial charge is 0.457 e. The van der Waals surface area contributed by atoms with Gasteiger partial charge in [-0.2, -0.15) is 0 Å². The van der Waals surface area contributed by atoms with Gasteiger partial charge in [-0.15, -0.1) is 0 Å². The number of hydrogen-bond donors (Lipinski definition) is 0. The van der Waals surface area contributed by atoms with Crippen LogP contribution in [0.15, 0.2) is 133 Å². The van der Waals surface area contributed by atoms with Crippen molar-refractivity contribution in [2.75, 3.05) is 0 Å². The molecule has 0 bridgehead atoms. The first-order valence-electron chi connectivity index (χ1n) is 14.3. The van der Waals surface area contributed by atoms with E-state index in [9.17, 15) is 9.59 Å². The van der Waals surface area contributed by atoms with E-state index in [1.54, 1.807) is 24.3 Å². The number of aryl methyl sites for hydroxylation is 2. The summed E-state index contributed by atoms with van der Waals surface area (Å²) in [5, 5.41) is 1.78. The highest BCUT2D eigenvalue weighted by Gasteiger charge is 2.13. The van der Waals surface area contributed by atoms with Gasteiger partial charge in [0.25, 0.3) is 0 Å². The van der Waals surface area contributed by atoms with E-state index in [0.717, 1.165) is 22.8 Å². The number of ether oxygens (including phenoxy) is 2. The van der Waals surface area contributed by atoms with Crippen molar-refractivity contribution in [3.63, 3.8) is 0 Å². The highest BCUT2D eigenvalue weighted by molar-refractivity contribution is 6.09. The van der Waals surface area contributed by atoms with E-state index < -0.39 is 0 Å². The third kappa shape index (κ3) is 6.09. The topological polar surface area (TPSA) is 52.6 Å². The summed E-state index contributed by atoms with van der Waals surface area (Å²) in [6.07, 6.45) is 0.937. The van der Waals surface area contributed by atoms with Crippen LogP contribution < -0.4 is 9.47 Å². The summed E-state index contributed by atoms with van der Waals surface area (Å²) in [6.45, 7) is 4.09. The van der Waals surface area contributed by atoms with Crippen molar-refractivity contribution >= 4 is 22.3 Å². The van der Waals surface area contributed by atoms with E-state index in [-0.39, 0.29) is 11.6 Å². The molecule has 43 heavy (non-hydrogen) atoms. The molecule has 0 radical (unpaired) electrons. The third-order valence-electron chi connectivity index (χ3n) is 7.47. The fraction of sp³-hybridized carbons (Fsp3) is 0.0769. The summed E-state index contributed by atoms with van der Waals surface area (Å²) in [4.78, 5) is 25.8. The van der Waals surface area contributed by atoms with E-state index in [1.165, 1.54) is 5.56 Å². The first kappa shape index (κ1) is 27.7. The van der Waals surface area contributed by atoms with Gasteiger partial charge in [0.1, 0.15) is 23.0 Å². The Balaban J connectivity index is 1.18. The maximum absolute atomic E-state index is 12.9. The molecular weight excluding hydrogens is 532 g/mol. The zero-order valence-corrected chi connectivity index (χ0v) is 24.0. The summed E-state index contributed by atoms with van der Waals surface area (Å²) in [6, 6.07) is 41.3. The number of hydrogen-bond acceptors (Lipinski definition) is 4. The van der Waals surface area contributed by atoms with E-state index in [4.69, 9.17) is 9.47 Å². The van der Waals surface area contributed by atoms with Crippen molar-refractivity contribution in [2.45, 2.75) is 20.3 Å². The molecule has 0 spiro atoms.